The average molecular weight is 329 g/mol. The number of hydrogen-bond donors (Lipinski definition) is 2. The van der Waals surface area contributed by atoms with Crippen molar-refractivity contribution in [3.8, 4) is 0 Å². The van der Waals surface area contributed by atoms with Crippen molar-refractivity contribution in [1.29, 1.82) is 0 Å². The Morgan fingerprint density at radius 3 is 2.96 bits per heavy atom. The molecule has 2 aliphatic rings. The van der Waals surface area contributed by atoms with Crippen molar-refractivity contribution < 1.29 is 4.79 Å². The van der Waals surface area contributed by atoms with E-state index in [2.05, 4.69) is 47.6 Å². The first kappa shape index (κ1) is 17.4. The number of nitrogens with zero attached hydrogens (tertiary/aromatic N) is 1. The molecule has 4 heteroatoms. The first-order chi connectivity index (χ1) is 11.6. The standard InChI is InChI=1S/C20H31N3O/c1-15-7-8-16(2)18(11-15)14-23-10-4-5-17(13-23)12-22-20(24)19-6-3-9-21-19/h7-8,11,17,19,21H,3-6,9-10,12-14H2,1-2H3,(H,22,24). The summed E-state index contributed by atoms with van der Waals surface area (Å²) in [7, 11) is 0. The van der Waals surface area contributed by atoms with Crippen LogP contribution in [0.1, 0.15) is 42.4 Å². The summed E-state index contributed by atoms with van der Waals surface area (Å²) in [5, 5.41) is 6.45. The number of carbonyl (C=O) groups is 1. The van der Waals surface area contributed by atoms with Gasteiger partial charge in [0.15, 0.2) is 0 Å². The molecule has 3 rings (SSSR count). The van der Waals surface area contributed by atoms with E-state index in [0.29, 0.717) is 5.92 Å². The van der Waals surface area contributed by atoms with Gasteiger partial charge in [-0.3, -0.25) is 9.69 Å². The van der Waals surface area contributed by atoms with E-state index in [1.807, 2.05) is 0 Å². The third kappa shape index (κ3) is 4.58. The Balaban J connectivity index is 1.49. The maximum Gasteiger partial charge on any atom is 0.237 e. The second-order valence-corrected chi connectivity index (χ2v) is 7.57. The van der Waals surface area contributed by atoms with Crippen molar-refractivity contribution in [3.63, 3.8) is 0 Å². The molecule has 2 heterocycles. The summed E-state index contributed by atoms with van der Waals surface area (Å²) in [5.74, 6) is 0.772. The minimum absolute atomic E-state index is 0.0413. The van der Waals surface area contributed by atoms with Crippen LogP contribution in [0, 0.1) is 19.8 Å². The maximum atomic E-state index is 12.2. The highest BCUT2D eigenvalue weighted by molar-refractivity contribution is 5.81. The Bertz CT molecular complexity index is 566. The lowest BCUT2D eigenvalue weighted by Crippen LogP contribution is -2.45. The summed E-state index contributed by atoms with van der Waals surface area (Å²) in [6.07, 6.45) is 4.55. The molecule has 2 fully saturated rings. The van der Waals surface area contributed by atoms with E-state index in [-0.39, 0.29) is 11.9 Å². The van der Waals surface area contributed by atoms with Gasteiger partial charge in [-0.05, 0) is 69.7 Å². The molecule has 0 aliphatic carbocycles. The van der Waals surface area contributed by atoms with Crippen LogP contribution >= 0.6 is 0 Å². The Morgan fingerprint density at radius 1 is 1.29 bits per heavy atom. The first-order valence-corrected chi connectivity index (χ1v) is 9.41. The first-order valence-electron chi connectivity index (χ1n) is 9.41. The van der Waals surface area contributed by atoms with Gasteiger partial charge in [0.1, 0.15) is 0 Å². The predicted molar refractivity (Wildman–Crippen MR) is 98.0 cm³/mol. The summed E-state index contributed by atoms with van der Waals surface area (Å²) >= 11 is 0. The topological polar surface area (TPSA) is 44.4 Å². The van der Waals surface area contributed by atoms with Crippen LogP contribution in [0.25, 0.3) is 0 Å². The van der Waals surface area contributed by atoms with E-state index in [0.717, 1.165) is 39.0 Å². The van der Waals surface area contributed by atoms with E-state index < -0.39 is 0 Å². The Hall–Kier alpha value is -1.39. The van der Waals surface area contributed by atoms with Crippen molar-refractivity contribution in [1.82, 2.24) is 15.5 Å². The molecule has 0 bridgehead atoms. The third-order valence-electron chi connectivity index (χ3n) is 5.44. The van der Waals surface area contributed by atoms with Gasteiger partial charge < -0.3 is 10.6 Å². The number of nitrogens with one attached hydrogen (secondary N) is 2. The van der Waals surface area contributed by atoms with Crippen LogP contribution in [0.2, 0.25) is 0 Å². The fourth-order valence-corrected chi connectivity index (χ4v) is 3.95. The molecule has 2 unspecified atom stereocenters. The van der Waals surface area contributed by atoms with Crippen LogP contribution in [-0.2, 0) is 11.3 Å². The maximum absolute atomic E-state index is 12.2. The lowest BCUT2D eigenvalue weighted by atomic mass is 9.96. The molecule has 2 atom stereocenters. The van der Waals surface area contributed by atoms with Crippen molar-refractivity contribution in [2.75, 3.05) is 26.2 Å². The number of hydrogen-bond acceptors (Lipinski definition) is 3. The molecule has 1 aromatic rings. The summed E-state index contributed by atoms with van der Waals surface area (Å²) in [6, 6.07) is 6.76. The number of piperidine rings is 1. The summed E-state index contributed by atoms with van der Waals surface area (Å²) < 4.78 is 0. The molecule has 4 nitrogen and oxygen atoms in total. The third-order valence-corrected chi connectivity index (χ3v) is 5.44. The van der Waals surface area contributed by atoms with Gasteiger partial charge in [0, 0.05) is 19.6 Å². The van der Waals surface area contributed by atoms with Gasteiger partial charge in [0.25, 0.3) is 0 Å². The zero-order valence-electron chi connectivity index (χ0n) is 15.1. The van der Waals surface area contributed by atoms with Gasteiger partial charge >= 0.3 is 0 Å². The van der Waals surface area contributed by atoms with Crippen molar-refractivity contribution >= 4 is 5.91 Å². The fourth-order valence-electron chi connectivity index (χ4n) is 3.95. The van der Waals surface area contributed by atoms with Crippen LogP contribution in [0.5, 0.6) is 0 Å². The van der Waals surface area contributed by atoms with Crippen molar-refractivity contribution in [2.24, 2.45) is 5.92 Å². The Labute approximate surface area is 146 Å². The smallest absolute Gasteiger partial charge is 0.237 e. The summed E-state index contributed by atoms with van der Waals surface area (Å²) in [4.78, 5) is 14.7. The SMILES string of the molecule is Cc1ccc(C)c(CN2CCCC(CNC(=O)C3CCCN3)C2)c1. The van der Waals surface area contributed by atoms with Crippen LogP contribution in [0.15, 0.2) is 18.2 Å². The number of amides is 1. The number of benzene rings is 1. The molecule has 0 saturated carbocycles. The molecule has 1 aromatic carbocycles. The fraction of sp³-hybridized carbons (Fsp3) is 0.650. The highest BCUT2D eigenvalue weighted by atomic mass is 16.2. The van der Waals surface area contributed by atoms with Gasteiger partial charge in [-0.25, -0.2) is 0 Å². The number of likely N-dealkylation sites (tertiary alicyclic amines) is 1. The zero-order valence-corrected chi connectivity index (χ0v) is 15.1. The summed E-state index contributed by atoms with van der Waals surface area (Å²) in [6.45, 7) is 9.45. The van der Waals surface area contributed by atoms with Crippen LogP contribution in [0.4, 0.5) is 0 Å². The predicted octanol–water partition coefficient (Wildman–Crippen LogP) is 2.38. The minimum Gasteiger partial charge on any atom is -0.354 e. The van der Waals surface area contributed by atoms with E-state index in [1.54, 1.807) is 0 Å². The van der Waals surface area contributed by atoms with E-state index in [9.17, 15) is 4.79 Å². The van der Waals surface area contributed by atoms with Crippen LogP contribution < -0.4 is 10.6 Å². The van der Waals surface area contributed by atoms with E-state index >= 15 is 0 Å². The molecular formula is C20H31N3O. The van der Waals surface area contributed by atoms with Crippen molar-refractivity contribution in [3.05, 3.63) is 34.9 Å². The minimum atomic E-state index is 0.0413. The molecule has 0 spiro atoms. The molecular weight excluding hydrogens is 298 g/mol. The monoisotopic (exact) mass is 329 g/mol. The molecule has 132 valence electrons. The molecule has 2 saturated heterocycles. The van der Waals surface area contributed by atoms with Crippen molar-refractivity contribution in [2.45, 2.75) is 52.1 Å². The normalized spacial score (nSPS) is 24.9. The zero-order chi connectivity index (χ0) is 16.9. The van der Waals surface area contributed by atoms with Gasteiger partial charge in [0.2, 0.25) is 5.91 Å². The Morgan fingerprint density at radius 2 is 2.17 bits per heavy atom. The second kappa shape index (κ2) is 8.13. The second-order valence-electron chi connectivity index (χ2n) is 7.57. The quantitative estimate of drug-likeness (QED) is 0.872. The van der Waals surface area contributed by atoms with Crippen LogP contribution in [0.3, 0.4) is 0 Å². The number of aryl methyl sites for hydroxylation is 2. The molecule has 0 aromatic heterocycles. The molecule has 1 amide bonds. The molecule has 0 radical (unpaired) electrons. The van der Waals surface area contributed by atoms with Gasteiger partial charge in [0.05, 0.1) is 6.04 Å². The highest BCUT2D eigenvalue weighted by Crippen LogP contribution is 2.20. The summed E-state index contributed by atoms with van der Waals surface area (Å²) in [5.41, 5.74) is 4.15. The van der Waals surface area contributed by atoms with E-state index in [1.165, 1.54) is 36.1 Å². The van der Waals surface area contributed by atoms with E-state index in [4.69, 9.17) is 0 Å². The molecule has 24 heavy (non-hydrogen) atoms. The number of carbonyl (C=O) groups excluding carboxylic acids is 1. The lowest BCUT2D eigenvalue weighted by Gasteiger charge is -2.33. The van der Waals surface area contributed by atoms with Gasteiger partial charge in [-0.15, -0.1) is 0 Å². The largest absolute Gasteiger partial charge is 0.354 e. The highest BCUT2D eigenvalue weighted by Gasteiger charge is 2.24. The molecule has 2 N–H and O–H groups in total. The average Bonchev–Trinajstić information content (AvgIpc) is 3.11. The number of rotatable bonds is 5. The molecule has 2 aliphatic heterocycles. The Kier molecular flexibility index (Phi) is 5.90. The van der Waals surface area contributed by atoms with Gasteiger partial charge in [-0.1, -0.05) is 23.8 Å². The van der Waals surface area contributed by atoms with Crippen LogP contribution in [-0.4, -0.2) is 43.0 Å². The van der Waals surface area contributed by atoms with Gasteiger partial charge in [-0.2, -0.15) is 0 Å². The lowest BCUT2D eigenvalue weighted by molar-refractivity contribution is -0.123.